The average molecular weight is 845 g/mol. The van der Waals surface area contributed by atoms with Crippen molar-refractivity contribution in [3.63, 3.8) is 0 Å². The van der Waals surface area contributed by atoms with Crippen molar-refractivity contribution in [1.82, 2.24) is 10.6 Å². The molecule has 0 saturated carbocycles. The summed E-state index contributed by atoms with van der Waals surface area (Å²) in [7, 11) is 0. The van der Waals surface area contributed by atoms with Crippen LogP contribution >= 0.6 is 31.9 Å². The van der Waals surface area contributed by atoms with Crippen molar-refractivity contribution in [3.05, 3.63) is 59.7 Å². The second-order valence-electron chi connectivity index (χ2n) is 13.9. The van der Waals surface area contributed by atoms with Gasteiger partial charge in [-0.2, -0.15) is 0 Å². The molecule has 0 aromatic heterocycles. The molecule has 0 atom stereocenters. The zero-order chi connectivity index (χ0) is 37.5. The smallest absolute Gasteiger partial charge is 0.407 e. The third-order valence-corrected chi connectivity index (χ3v) is 7.88. The van der Waals surface area contributed by atoms with Gasteiger partial charge in [-0.3, -0.25) is 0 Å². The van der Waals surface area contributed by atoms with Gasteiger partial charge in [-0.15, -0.1) is 0 Å². The van der Waals surface area contributed by atoms with Gasteiger partial charge in [0.1, 0.15) is 11.2 Å². The average Bonchev–Trinajstić information content (AvgIpc) is 3.09. The highest BCUT2D eigenvalue weighted by Crippen LogP contribution is 2.18. The lowest BCUT2D eigenvalue weighted by atomic mass is 10.1. The number of morpholine rings is 2. The van der Waals surface area contributed by atoms with E-state index in [4.69, 9.17) is 23.7 Å². The van der Waals surface area contributed by atoms with Crippen LogP contribution in [0.15, 0.2) is 48.5 Å². The van der Waals surface area contributed by atoms with Crippen LogP contribution in [0.4, 0.5) is 21.0 Å². The molecule has 0 radical (unpaired) electrons. The van der Waals surface area contributed by atoms with Crippen molar-refractivity contribution >= 4 is 55.4 Å². The fourth-order valence-corrected chi connectivity index (χ4v) is 5.31. The molecule has 2 fully saturated rings. The van der Waals surface area contributed by atoms with E-state index in [0.717, 1.165) is 89.3 Å². The number of alkyl halides is 2. The van der Waals surface area contributed by atoms with Crippen LogP contribution in [-0.4, -0.2) is 113 Å². The zero-order valence-electron chi connectivity index (χ0n) is 31.4. The summed E-state index contributed by atoms with van der Waals surface area (Å²) in [5, 5.41) is 7.42. The van der Waals surface area contributed by atoms with Gasteiger partial charge in [-0.1, -0.05) is 56.1 Å². The monoisotopic (exact) mass is 842 g/mol. The van der Waals surface area contributed by atoms with Crippen LogP contribution in [0.2, 0.25) is 0 Å². The lowest BCUT2D eigenvalue weighted by molar-refractivity contribution is 0.0517. The van der Waals surface area contributed by atoms with Gasteiger partial charge in [0, 0.05) is 61.3 Å². The van der Waals surface area contributed by atoms with Crippen LogP contribution in [-0.2, 0) is 36.5 Å². The summed E-state index contributed by atoms with van der Waals surface area (Å²) in [4.78, 5) is 27.8. The Balaban J connectivity index is 0.000000299. The molecule has 0 bridgehead atoms. The number of alkyl carbamates (subject to hydrolysis) is 2. The van der Waals surface area contributed by atoms with Gasteiger partial charge in [-0.25, -0.2) is 9.59 Å². The SMILES string of the molecule is BrCCOCCBr.CC(C)(C)OC(=O)NCCc1ccc(N2CCOCC2)cc1.CC(C)(C)OC(=O)NCCc1ccc(N2CCOCC2)cc1. The number of carbonyl (C=O) groups is 2. The maximum Gasteiger partial charge on any atom is 0.407 e. The van der Waals surface area contributed by atoms with E-state index in [1.807, 2.05) is 41.5 Å². The normalized spacial score (nSPS) is 14.7. The zero-order valence-corrected chi connectivity index (χ0v) is 34.6. The van der Waals surface area contributed by atoms with Crippen LogP contribution in [0.1, 0.15) is 52.7 Å². The lowest BCUT2D eigenvalue weighted by Gasteiger charge is -2.28. The van der Waals surface area contributed by atoms with Crippen LogP contribution in [0.5, 0.6) is 0 Å². The highest BCUT2D eigenvalue weighted by atomic mass is 79.9. The number of carbonyl (C=O) groups excluding carboxylic acids is 2. The number of hydrogen-bond donors (Lipinski definition) is 2. The summed E-state index contributed by atoms with van der Waals surface area (Å²) in [5.41, 5.74) is 3.95. The number of hydrogen-bond acceptors (Lipinski definition) is 9. The number of nitrogens with one attached hydrogen (secondary N) is 2. The number of benzene rings is 2. The van der Waals surface area contributed by atoms with E-state index in [2.05, 4.69) is 101 Å². The van der Waals surface area contributed by atoms with E-state index in [0.29, 0.717) is 13.1 Å². The molecule has 288 valence electrons. The van der Waals surface area contributed by atoms with Crippen molar-refractivity contribution in [2.45, 2.75) is 65.6 Å². The summed E-state index contributed by atoms with van der Waals surface area (Å²) in [6, 6.07) is 17.0. The van der Waals surface area contributed by atoms with Crippen molar-refractivity contribution < 1.29 is 33.3 Å². The standard InChI is InChI=1S/2C17H26N2O3.C4H8Br2O/c2*1-17(2,3)22-16(20)18-9-8-14-4-6-15(7-5-14)19-10-12-21-13-11-19;5-1-3-7-4-2-6/h2*4-7H,8-13H2,1-3H3,(H,18,20);1-4H2. The number of halogens is 2. The topological polar surface area (TPSA) is 111 Å². The van der Waals surface area contributed by atoms with Crippen molar-refractivity contribution in [3.8, 4) is 0 Å². The Hall–Kier alpha value is -2.58. The minimum Gasteiger partial charge on any atom is -0.444 e. The molecular weight excluding hydrogens is 784 g/mol. The predicted octanol–water partition coefficient (Wildman–Crippen LogP) is 6.97. The quantitative estimate of drug-likeness (QED) is 0.173. The molecule has 2 saturated heterocycles. The van der Waals surface area contributed by atoms with Crippen molar-refractivity contribution in [2.24, 2.45) is 0 Å². The van der Waals surface area contributed by atoms with Crippen LogP contribution in [0.3, 0.4) is 0 Å². The van der Waals surface area contributed by atoms with E-state index in [1.54, 1.807) is 0 Å². The molecule has 0 unspecified atom stereocenters. The summed E-state index contributed by atoms with van der Waals surface area (Å²) >= 11 is 6.48. The number of ether oxygens (including phenoxy) is 5. The van der Waals surface area contributed by atoms with Gasteiger partial charge in [0.25, 0.3) is 0 Å². The van der Waals surface area contributed by atoms with Gasteiger partial charge in [0.05, 0.1) is 39.6 Å². The molecule has 51 heavy (non-hydrogen) atoms. The first-order valence-corrected chi connectivity index (χ1v) is 20.0. The third-order valence-electron chi connectivity index (χ3n) is 7.23. The van der Waals surface area contributed by atoms with E-state index < -0.39 is 11.2 Å². The molecule has 2 heterocycles. The second-order valence-corrected chi connectivity index (χ2v) is 15.5. The summed E-state index contributed by atoms with van der Waals surface area (Å²) in [5.74, 6) is 0. The summed E-state index contributed by atoms with van der Waals surface area (Å²) in [6.45, 7) is 20.9. The highest BCUT2D eigenvalue weighted by molar-refractivity contribution is 9.09. The minimum absolute atomic E-state index is 0.363. The fraction of sp³-hybridized carbons (Fsp3) is 0.632. The lowest BCUT2D eigenvalue weighted by Crippen LogP contribution is -2.36. The van der Waals surface area contributed by atoms with E-state index in [9.17, 15) is 9.59 Å². The Morgan fingerprint density at radius 2 is 0.961 bits per heavy atom. The van der Waals surface area contributed by atoms with Gasteiger partial charge in [-0.05, 0) is 89.8 Å². The third kappa shape index (κ3) is 21.5. The molecule has 0 aliphatic carbocycles. The number of anilines is 2. The minimum atomic E-state index is -0.454. The van der Waals surface area contributed by atoms with Gasteiger partial charge in [0.15, 0.2) is 0 Å². The molecule has 4 rings (SSSR count). The number of amides is 2. The Labute approximate surface area is 322 Å². The number of rotatable bonds is 12. The van der Waals surface area contributed by atoms with Gasteiger partial charge >= 0.3 is 12.2 Å². The maximum atomic E-state index is 11.6. The van der Waals surface area contributed by atoms with E-state index in [1.165, 1.54) is 22.5 Å². The molecule has 2 aliphatic rings. The van der Waals surface area contributed by atoms with E-state index in [-0.39, 0.29) is 12.2 Å². The largest absolute Gasteiger partial charge is 0.444 e. The predicted molar refractivity (Wildman–Crippen MR) is 213 cm³/mol. The first-order chi connectivity index (χ1) is 24.3. The Kier molecular flexibility index (Phi) is 21.5. The Morgan fingerprint density at radius 1 is 0.627 bits per heavy atom. The second kappa shape index (κ2) is 24.6. The summed E-state index contributed by atoms with van der Waals surface area (Å²) < 4.78 is 26.2. The van der Waals surface area contributed by atoms with Crippen LogP contribution in [0, 0.1) is 0 Å². The molecule has 13 heteroatoms. The van der Waals surface area contributed by atoms with Gasteiger partial charge < -0.3 is 44.1 Å². The van der Waals surface area contributed by atoms with Crippen LogP contribution in [0.25, 0.3) is 0 Å². The summed E-state index contributed by atoms with van der Waals surface area (Å²) in [6.07, 6.45) is 0.862. The molecular formula is C38H60Br2N4O7. The van der Waals surface area contributed by atoms with E-state index >= 15 is 0 Å². The molecule has 2 amide bonds. The van der Waals surface area contributed by atoms with Gasteiger partial charge in [0.2, 0.25) is 0 Å². The highest BCUT2D eigenvalue weighted by Gasteiger charge is 2.17. The maximum absolute atomic E-state index is 11.6. The number of nitrogens with zero attached hydrogens (tertiary/aromatic N) is 2. The molecule has 2 aromatic carbocycles. The molecule has 11 nitrogen and oxygen atoms in total. The first kappa shape index (κ1) is 44.6. The Morgan fingerprint density at radius 3 is 1.25 bits per heavy atom. The molecule has 2 aliphatic heterocycles. The fourth-order valence-electron chi connectivity index (χ4n) is 4.85. The molecule has 0 spiro atoms. The van der Waals surface area contributed by atoms with Crippen molar-refractivity contribution in [1.29, 1.82) is 0 Å². The van der Waals surface area contributed by atoms with Crippen LogP contribution < -0.4 is 20.4 Å². The van der Waals surface area contributed by atoms with Crippen molar-refractivity contribution in [2.75, 3.05) is 99.4 Å². The molecule has 2 aromatic rings. The Bertz CT molecular complexity index is 1130. The first-order valence-electron chi connectivity index (χ1n) is 17.8. The molecule has 2 N–H and O–H groups in total.